The highest BCUT2D eigenvalue weighted by Gasteiger charge is 1.95. The van der Waals surface area contributed by atoms with E-state index in [2.05, 4.69) is 12.1 Å². The van der Waals surface area contributed by atoms with Crippen LogP contribution in [0.2, 0.25) is 0 Å². The van der Waals surface area contributed by atoms with Crippen LogP contribution in [-0.2, 0) is 17.5 Å². The molecule has 3 heteroatoms. The average Bonchev–Trinajstić information content (AvgIpc) is 2.14. The molecule has 0 radical (unpaired) electrons. The third-order valence-corrected chi connectivity index (χ3v) is 2.52. The Kier molecular flexibility index (Phi) is 4.72. The van der Waals surface area contributed by atoms with Gasteiger partial charge in [-0.05, 0) is 24.8 Å². The fourth-order valence-electron chi connectivity index (χ4n) is 1.20. The SMILES string of the molecule is O=S(O)CCCCc1ccccc1. The Hall–Kier alpha value is -0.670. The van der Waals surface area contributed by atoms with Crippen molar-refractivity contribution in [1.82, 2.24) is 0 Å². The van der Waals surface area contributed by atoms with Gasteiger partial charge in [-0.3, -0.25) is 0 Å². The predicted octanol–water partition coefficient (Wildman–Crippen LogP) is 2.23. The zero-order valence-electron chi connectivity index (χ0n) is 7.48. The van der Waals surface area contributed by atoms with Crippen molar-refractivity contribution in [2.75, 3.05) is 5.75 Å². The summed E-state index contributed by atoms with van der Waals surface area (Å²) < 4.78 is 18.8. The molecule has 0 aromatic heterocycles. The number of aryl methyl sites for hydroxylation is 1. The van der Waals surface area contributed by atoms with Crippen LogP contribution in [0.1, 0.15) is 18.4 Å². The summed E-state index contributed by atoms with van der Waals surface area (Å²) in [4.78, 5) is 0. The maximum absolute atomic E-state index is 10.3. The summed E-state index contributed by atoms with van der Waals surface area (Å²) in [6, 6.07) is 10.2. The first kappa shape index (κ1) is 10.4. The number of benzene rings is 1. The van der Waals surface area contributed by atoms with E-state index in [9.17, 15) is 4.21 Å². The molecule has 0 spiro atoms. The van der Waals surface area contributed by atoms with Crippen LogP contribution in [-0.4, -0.2) is 14.5 Å². The minimum atomic E-state index is -1.62. The zero-order chi connectivity index (χ0) is 9.52. The average molecular weight is 198 g/mol. The van der Waals surface area contributed by atoms with Gasteiger partial charge in [0.15, 0.2) is 11.1 Å². The van der Waals surface area contributed by atoms with E-state index in [4.69, 9.17) is 4.55 Å². The number of unbranched alkanes of at least 4 members (excludes halogenated alkanes) is 1. The van der Waals surface area contributed by atoms with Crippen molar-refractivity contribution >= 4 is 11.1 Å². The monoisotopic (exact) mass is 198 g/mol. The quantitative estimate of drug-likeness (QED) is 0.582. The number of hydrogen-bond acceptors (Lipinski definition) is 1. The first-order valence-corrected chi connectivity index (χ1v) is 5.68. The lowest BCUT2D eigenvalue weighted by atomic mass is 10.1. The van der Waals surface area contributed by atoms with Gasteiger partial charge in [-0.15, -0.1) is 0 Å². The van der Waals surface area contributed by atoms with E-state index < -0.39 is 11.1 Å². The Morgan fingerprint density at radius 2 is 1.85 bits per heavy atom. The highest BCUT2D eigenvalue weighted by Crippen LogP contribution is 2.04. The molecule has 13 heavy (non-hydrogen) atoms. The van der Waals surface area contributed by atoms with E-state index in [1.54, 1.807) is 0 Å². The summed E-state index contributed by atoms with van der Waals surface area (Å²) >= 11 is -1.62. The lowest BCUT2D eigenvalue weighted by molar-refractivity contribution is 0.560. The van der Waals surface area contributed by atoms with Crippen molar-refractivity contribution in [3.8, 4) is 0 Å². The van der Waals surface area contributed by atoms with Gasteiger partial charge in [0.05, 0.1) is 0 Å². The van der Waals surface area contributed by atoms with Gasteiger partial charge in [0.1, 0.15) is 0 Å². The molecule has 0 aliphatic carbocycles. The van der Waals surface area contributed by atoms with Crippen LogP contribution in [0.4, 0.5) is 0 Å². The molecule has 1 atom stereocenters. The van der Waals surface area contributed by atoms with Crippen molar-refractivity contribution < 1.29 is 8.76 Å². The molecule has 2 nitrogen and oxygen atoms in total. The van der Waals surface area contributed by atoms with Crippen LogP contribution in [0.5, 0.6) is 0 Å². The van der Waals surface area contributed by atoms with Crippen LogP contribution < -0.4 is 0 Å². The molecule has 72 valence electrons. The molecule has 0 fully saturated rings. The van der Waals surface area contributed by atoms with Crippen LogP contribution >= 0.6 is 0 Å². The van der Waals surface area contributed by atoms with Crippen LogP contribution in [0.15, 0.2) is 30.3 Å². The highest BCUT2D eigenvalue weighted by atomic mass is 32.2. The minimum Gasteiger partial charge on any atom is -0.306 e. The normalized spacial score (nSPS) is 12.7. The van der Waals surface area contributed by atoms with Crippen molar-refractivity contribution in [1.29, 1.82) is 0 Å². The highest BCUT2D eigenvalue weighted by molar-refractivity contribution is 7.79. The second-order valence-electron chi connectivity index (χ2n) is 2.97. The van der Waals surface area contributed by atoms with Gasteiger partial charge in [0, 0.05) is 5.75 Å². The summed E-state index contributed by atoms with van der Waals surface area (Å²) in [6.07, 6.45) is 2.80. The van der Waals surface area contributed by atoms with Crippen LogP contribution in [0, 0.1) is 0 Å². The fourth-order valence-corrected chi connectivity index (χ4v) is 1.65. The lowest BCUT2D eigenvalue weighted by Gasteiger charge is -1.99. The Bertz CT molecular complexity index is 259. The molecule has 1 aromatic carbocycles. The van der Waals surface area contributed by atoms with E-state index in [0.29, 0.717) is 5.75 Å². The summed E-state index contributed by atoms with van der Waals surface area (Å²) in [6.45, 7) is 0. The van der Waals surface area contributed by atoms with Crippen molar-refractivity contribution in [2.45, 2.75) is 19.3 Å². The topological polar surface area (TPSA) is 37.3 Å². The summed E-state index contributed by atoms with van der Waals surface area (Å²) in [5.41, 5.74) is 1.30. The second kappa shape index (κ2) is 5.89. The van der Waals surface area contributed by atoms with Gasteiger partial charge in [-0.2, -0.15) is 0 Å². The molecule has 0 heterocycles. The van der Waals surface area contributed by atoms with Crippen LogP contribution in [0.3, 0.4) is 0 Å². The summed E-state index contributed by atoms with van der Waals surface area (Å²) in [5.74, 6) is 0.396. The summed E-state index contributed by atoms with van der Waals surface area (Å²) in [7, 11) is 0. The number of rotatable bonds is 5. The van der Waals surface area contributed by atoms with E-state index >= 15 is 0 Å². The van der Waals surface area contributed by atoms with Crippen molar-refractivity contribution in [2.24, 2.45) is 0 Å². The lowest BCUT2D eigenvalue weighted by Crippen LogP contribution is -1.95. The molecule has 0 saturated carbocycles. The summed E-state index contributed by atoms with van der Waals surface area (Å²) in [5, 5.41) is 0. The maximum Gasteiger partial charge on any atom is 0.152 e. The molecule has 0 saturated heterocycles. The number of hydrogen-bond donors (Lipinski definition) is 1. The molecule has 0 bridgehead atoms. The first-order chi connectivity index (χ1) is 6.29. The third kappa shape index (κ3) is 4.80. The Morgan fingerprint density at radius 3 is 2.46 bits per heavy atom. The Balaban J connectivity index is 2.17. The minimum absolute atomic E-state index is 0.396. The Morgan fingerprint density at radius 1 is 1.15 bits per heavy atom. The van der Waals surface area contributed by atoms with Gasteiger partial charge in [-0.25, -0.2) is 4.21 Å². The maximum atomic E-state index is 10.3. The molecule has 0 aliphatic rings. The molecule has 0 amide bonds. The molecule has 1 aromatic rings. The van der Waals surface area contributed by atoms with E-state index in [-0.39, 0.29) is 0 Å². The van der Waals surface area contributed by atoms with Gasteiger partial charge < -0.3 is 4.55 Å². The Labute approximate surface area is 81.3 Å². The third-order valence-electron chi connectivity index (χ3n) is 1.88. The van der Waals surface area contributed by atoms with Crippen molar-refractivity contribution in [3.63, 3.8) is 0 Å². The van der Waals surface area contributed by atoms with E-state index in [0.717, 1.165) is 19.3 Å². The fraction of sp³-hybridized carbons (Fsp3) is 0.400. The van der Waals surface area contributed by atoms with Crippen LogP contribution in [0.25, 0.3) is 0 Å². The molecular weight excluding hydrogens is 184 g/mol. The van der Waals surface area contributed by atoms with Gasteiger partial charge in [-0.1, -0.05) is 30.3 Å². The van der Waals surface area contributed by atoms with Gasteiger partial charge in [0.25, 0.3) is 0 Å². The van der Waals surface area contributed by atoms with Gasteiger partial charge in [0.2, 0.25) is 0 Å². The molecule has 1 rings (SSSR count). The molecule has 0 aliphatic heterocycles. The first-order valence-electron chi connectivity index (χ1n) is 4.40. The largest absolute Gasteiger partial charge is 0.306 e. The zero-order valence-corrected chi connectivity index (χ0v) is 8.30. The van der Waals surface area contributed by atoms with Crippen molar-refractivity contribution in [3.05, 3.63) is 35.9 Å². The second-order valence-corrected chi connectivity index (χ2v) is 4.02. The molecule has 1 unspecified atom stereocenters. The standard InChI is InChI=1S/C10H14O2S/c11-13(12)9-5-4-8-10-6-2-1-3-7-10/h1-3,6-7H,4-5,8-9H2,(H,11,12). The predicted molar refractivity (Wildman–Crippen MR) is 55.0 cm³/mol. The molecule has 1 N–H and O–H groups in total. The van der Waals surface area contributed by atoms with Gasteiger partial charge >= 0.3 is 0 Å². The smallest absolute Gasteiger partial charge is 0.152 e. The van der Waals surface area contributed by atoms with E-state index in [1.165, 1.54) is 5.56 Å². The van der Waals surface area contributed by atoms with E-state index in [1.807, 2.05) is 18.2 Å². The molecular formula is C10H14O2S.